The highest BCUT2D eigenvalue weighted by Gasteiger charge is 2.14. The summed E-state index contributed by atoms with van der Waals surface area (Å²) in [7, 11) is 0. The van der Waals surface area contributed by atoms with Crippen LogP contribution in [-0.4, -0.2) is 17.5 Å². The van der Waals surface area contributed by atoms with Gasteiger partial charge in [0.05, 0.1) is 29.4 Å². The number of para-hydroxylation sites is 2. The fourth-order valence-electron chi connectivity index (χ4n) is 3.53. The van der Waals surface area contributed by atoms with Gasteiger partial charge in [-0.2, -0.15) is 0 Å². The van der Waals surface area contributed by atoms with Crippen LogP contribution < -0.4 is 10.1 Å². The van der Waals surface area contributed by atoms with Gasteiger partial charge in [0.25, 0.3) is 0 Å². The lowest BCUT2D eigenvalue weighted by Crippen LogP contribution is -2.15. The minimum atomic E-state index is -0.0642. The van der Waals surface area contributed by atoms with Crippen molar-refractivity contribution in [3.63, 3.8) is 0 Å². The van der Waals surface area contributed by atoms with E-state index in [9.17, 15) is 4.79 Å². The second-order valence-electron chi connectivity index (χ2n) is 7.09. The van der Waals surface area contributed by atoms with Crippen LogP contribution in [-0.2, 0) is 17.6 Å². The number of amides is 1. The second-order valence-corrected chi connectivity index (χ2v) is 8.25. The third kappa shape index (κ3) is 4.52. The molecule has 152 valence electrons. The van der Waals surface area contributed by atoms with Gasteiger partial charge in [0, 0.05) is 11.3 Å². The predicted molar refractivity (Wildman–Crippen MR) is 124 cm³/mol. The molecule has 4 rings (SSSR count). The number of aryl methyl sites for hydroxylation is 1. The molecule has 0 saturated heterocycles. The highest BCUT2D eigenvalue weighted by molar-refractivity contribution is 7.11. The minimum absolute atomic E-state index is 0.0642. The zero-order chi connectivity index (χ0) is 20.9. The number of anilines is 1. The van der Waals surface area contributed by atoms with E-state index in [1.54, 1.807) is 11.3 Å². The zero-order valence-electron chi connectivity index (χ0n) is 17.1. The van der Waals surface area contributed by atoms with Crippen LogP contribution in [0.3, 0.4) is 0 Å². The van der Waals surface area contributed by atoms with E-state index in [-0.39, 0.29) is 5.91 Å². The lowest BCUT2D eigenvalue weighted by molar-refractivity contribution is -0.115. The standard InChI is InChI=1S/C25H24N2O2S/c1-3-29-22-14-7-6-13-21(22)27-24(28)16-23-17(2)26-25(30-23)15-19-11-8-10-18-9-4-5-12-20(18)19/h4-14H,3,15-16H2,1-2H3,(H,27,28). The van der Waals surface area contributed by atoms with Crippen molar-refractivity contribution in [3.05, 3.63) is 87.9 Å². The molecule has 1 aromatic heterocycles. The van der Waals surface area contributed by atoms with Crippen LogP contribution in [0.15, 0.2) is 66.7 Å². The van der Waals surface area contributed by atoms with Crippen molar-refractivity contribution in [2.24, 2.45) is 0 Å². The number of hydrogen-bond donors (Lipinski definition) is 1. The zero-order valence-corrected chi connectivity index (χ0v) is 18.0. The first-order valence-corrected chi connectivity index (χ1v) is 10.9. The smallest absolute Gasteiger partial charge is 0.229 e. The van der Waals surface area contributed by atoms with E-state index in [2.05, 4.69) is 47.8 Å². The number of fused-ring (bicyclic) bond motifs is 1. The van der Waals surface area contributed by atoms with Gasteiger partial charge >= 0.3 is 0 Å². The number of thiazole rings is 1. The lowest BCUT2D eigenvalue weighted by Gasteiger charge is -2.10. The Morgan fingerprint density at radius 1 is 1.03 bits per heavy atom. The van der Waals surface area contributed by atoms with E-state index in [1.807, 2.05) is 38.1 Å². The Balaban J connectivity index is 1.48. The predicted octanol–water partition coefficient (Wildman–Crippen LogP) is 5.78. The molecule has 0 unspecified atom stereocenters. The first kappa shape index (κ1) is 20.1. The summed E-state index contributed by atoms with van der Waals surface area (Å²) in [6, 6.07) is 22.3. The van der Waals surface area contributed by atoms with Crippen molar-refractivity contribution in [2.75, 3.05) is 11.9 Å². The third-order valence-corrected chi connectivity index (χ3v) is 6.10. The number of nitrogens with one attached hydrogen (secondary N) is 1. The second kappa shape index (κ2) is 9.09. The first-order valence-electron chi connectivity index (χ1n) is 10.1. The molecule has 0 bridgehead atoms. The Morgan fingerprint density at radius 3 is 2.67 bits per heavy atom. The molecular weight excluding hydrogens is 392 g/mol. The Morgan fingerprint density at radius 2 is 1.80 bits per heavy atom. The molecule has 3 aromatic carbocycles. The molecule has 0 radical (unpaired) electrons. The molecule has 30 heavy (non-hydrogen) atoms. The van der Waals surface area contributed by atoms with Gasteiger partial charge in [-0.1, -0.05) is 54.6 Å². The molecule has 4 aromatic rings. The van der Waals surface area contributed by atoms with Crippen LogP contribution in [0.2, 0.25) is 0 Å². The molecule has 0 aliphatic heterocycles. The Labute approximate surface area is 180 Å². The van der Waals surface area contributed by atoms with Crippen LogP contribution in [0.1, 0.15) is 28.1 Å². The van der Waals surface area contributed by atoms with Gasteiger partial charge in [0.1, 0.15) is 5.75 Å². The number of ether oxygens (including phenoxy) is 1. The summed E-state index contributed by atoms with van der Waals surface area (Å²) >= 11 is 1.61. The Bertz CT molecular complexity index is 1180. The van der Waals surface area contributed by atoms with Crippen molar-refractivity contribution in [1.29, 1.82) is 0 Å². The summed E-state index contributed by atoms with van der Waals surface area (Å²) in [6.45, 7) is 4.45. The Hall–Kier alpha value is -3.18. The maximum Gasteiger partial charge on any atom is 0.229 e. The fraction of sp³-hybridized carbons (Fsp3) is 0.200. The Kier molecular flexibility index (Phi) is 6.10. The van der Waals surface area contributed by atoms with Gasteiger partial charge in [-0.15, -0.1) is 11.3 Å². The van der Waals surface area contributed by atoms with E-state index in [0.717, 1.165) is 22.0 Å². The van der Waals surface area contributed by atoms with Crippen molar-refractivity contribution >= 4 is 33.7 Å². The molecule has 1 amide bonds. The van der Waals surface area contributed by atoms with Crippen molar-refractivity contribution < 1.29 is 9.53 Å². The van der Waals surface area contributed by atoms with Crippen LogP contribution in [0.5, 0.6) is 5.75 Å². The highest BCUT2D eigenvalue weighted by Crippen LogP contribution is 2.27. The SMILES string of the molecule is CCOc1ccccc1NC(=O)Cc1sc(Cc2cccc3ccccc23)nc1C. The summed E-state index contributed by atoms with van der Waals surface area (Å²) in [5, 5.41) is 6.48. The molecule has 0 aliphatic carbocycles. The van der Waals surface area contributed by atoms with Crippen LogP contribution >= 0.6 is 11.3 Å². The van der Waals surface area contributed by atoms with Gasteiger partial charge < -0.3 is 10.1 Å². The van der Waals surface area contributed by atoms with Crippen LogP contribution in [0.25, 0.3) is 10.8 Å². The van der Waals surface area contributed by atoms with E-state index in [0.29, 0.717) is 24.5 Å². The summed E-state index contributed by atoms with van der Waals surface area (Å²) in [4.78, 5) is 18.4. The molecule has 1 heterocycles. The number of aromatic nitrogens is 1. The summed E-state index contributed by atoms with van der Waals surface area (Å²) in [5.74, 6) is 0.622. The van der Waals surface area contributed by atoms with Gasteiger partial charge in [-0.3, -0.25) is 4.79 Å². The van der Waals surface area contributed by atoms with E-state index in [4.69, 9.17) is 9.72 Å². The van der Waals surface area contributed by atoms with E-state index < -0.39 is 0 Å². The third-order valence-electron chi connectivity index (χ3n) is 4.94. The van der Waals surface area contributed by atoms with Gasteiger partial charge in [0.2, 0.25) is 5.91 Å². The number of carbonyl (C=O) groups is 1. The first-order chi connectivity index (χ1) is 14.6. The normalized spacial score (nSPS) is 10.9. The molecule has 0 atom stereocenters. The highest BCUT2D eigenvalue weighted by atomic mass is 32.1. The maximum atomic E-state index is 12.6. The van der Waals surface area contributed by atoms with Crippen molar-refractivity contribution in [1.82, 2.24) is 4.98 Å². The van der Waals surface area contributed by atoms with Crippen LogP contribution in [0.4, 0.5) is 5.69 Å². The minimum Gasteiger partial charge on any atom is -0.492 e. The number of rotatable bonds is 7. The van der Waals surface area contributed by atoms with E-state index in [1.165, 1.54) is 16.3 Å². The molecule has 1 N–H and O–H groups in total. The summed E-state index contributed by atoms with van der Waals surface area (Å²) < 4.78 is 5.59. The largest absolute Gasteiger partial charge is 0.492 e. The molecule has 4 nitrogen and oxygen atoms in total. The lowest BCUT2D eigenvalue weighted by atomic mass is 10.0. The number of benzene rings is 3. The quantitative estimate of drug-likeness (QED) is 0.416. The fourth-order valence-corrected chi connectivity index (χ4v) is 4.62. The summed E-state index contributed by atoms with van der Waals surface area (Å²) in [5.41, 5.74) is 2.87. The number of nitrogens with zero attached hydrogens (tertiary/aromatic N) is 1. The van der Waals surface area contributed by atoms with Crippen molar-refractivity contribution in [3.8, 4) is 5.75 Å². The van der Waals surface area contributed by atoms with Gasteiger partial charge in [-0.05, 0) is 42.3 Å². The van der Waals surface area contributed by atoms with Crippen LogP contribution in [0, 0.1) is 6.92 Å². The van der Waals surface area contributed by atoms with Crippen molar-refractivity contribution in [2.45, 2.75) is 26.7 Å². The monoisotopic (exact) mass is 416 g/mol. The number of hydrogen-bond acceptors (Lipinski definition) is 4. The summed E-state index contributed by atoms with van der Waals surface area (Å²) in [6.07, 6.45) is 1.07. The average molecular weight is 417 g/mol. The maximum absolute atomic E-state index is 12.6. The average Bonchev–Trinajstić information content (AvgIpc) is 3.08. The van der Waals surface area contributed by atoms with Gasteiger partial charge in [-0.25, -0.2) is 4.98 Å². The molecule has 0 aliphatic rings. The molecule has 0 saturated carbocycles. The van der Waals surface area contributed by atoms with Gasteiger partial charge in [0.15, 0.2) is 0 Å². The molecule has 0 fully saturated rings. The molecular formula is C25H24N2O2S. The molecule has 5 heteroatoms. The number of carbonyl (C=O) groups excluding carboxylic acids is 1. The topological polar surface area (TPSA) is 51.2 Å². The molecule has 0 spiro atoms. The van der Waals surface area contributed by atoms with E-state index >= 15 is 0 Å².